The first-order chi connectivity index (χ1) is 8.10. The molecule has 0 aromatic heterocycles. The third-order valence-electron chi connectivity index (χ3n) is 3.00. The average molecular weight is 266 g/mol. The lowest BCUT2D eigenvalue weighted by molar-refractivity contribution is -0.140. The standard InChI is InChI=1S/C12H14F4O2/c1-7(18-3)11(2,17)8-4-5-9(10(13)6-8)12(14,15)16/h4-7,17H,1-3H3. The number of methoxy groups -OCH3 is 1. The molecular weight excluding hydrogens is 252 g/mol. The van der Waals surface area contributed by atoms with Crippen LogP contribution in [0.15, 0.2) is 18.2 Å². The van der Waals surface area contributed by atoms with Crippen LogP contribution >= 0.6 is 0 Å². The van der Waals surface area contributed by atoms with Gasteiger partial charge in [0.05, 0.1) is 11.7 Å². The van der Waals surface area contributed by atoms with E-state index < -0.39 is 29.3 Å². The lowest BCUT2D eigenvalue weighted by Gasteiger charge is -2.30. The zero-order chi connectivity index (χ0) is 14.1. The van der Waals surface area contributed by atoms with Crippen LogP contribution < -0.4 is 0 Å². The van der Waals surface area contributed by atoms with Crippen LogP contribution in [0.4, 0.5) is 17.6 Å². The van der Waals surface area contributed by atoms with Gasteiger partial charge in [-0.2, -0.15) is 13.2 Å². The van der Waals surface area contributed by atoms with E-state index in [9.17, 15) is 22.7 Å². The second-order valence-corrected chi connectivity index (χ2v) is 4.22. The highest BCUT2D eigenvalue weighted by atomic mass is 19.4. The summed E-state index contributed by atoms with van der Waals surface area (Å²) < 4.78 is 55.4. The minimum atomic E-state index is -4.75. The molecule has 0 aliphatic heterocycles. The van der Waals surface area contributed by atoms with E-state index in [1.165, 1.54) is 21.0 Å². The maximum absolute atomic E-state index is 13.4. The molecule has 0 amide bonds. The highest BCUT2D eigenvalue weighted by Gasteiger charge is 2.36. The SMILES string of the molecule is COC(C)C(C)(O)c1ccc(C(F)(F)F)c(F)c1. The molecule has 1 rings (SSSR count). The molecule has 6 heteroatoms. The van der Waals surface area contributed by atoms with Crippen LogP contribution in [0.3, 0.4) is 0 Å². The number of ether oxygens (including phenoxy) is 1. The van der Waals surface area contributed by atoms with E-state index in [2.05, 4.69) is 0 Å². The molecule has 0 aliphatic carbocycles. The van der Waals surface area contributed by atoms with Gasteiger partial charge < -0.3 is 9.84 Å². The molecule has 18 heavy (non-hydrogen) atoms. The molecule has 2 nitrogen and oxygen atoms in total. The van der Waals surface area contributed by atoms with E-state index in [0.29, 0.717) is 12.1 Å². The summed E-state index contributed by atoms with van der Waals surface area (Å²) in [6.45, 7) is 2.89. The molecule has 0 bridgehead atoms. The van der Waals surface area contributed by atoms with Crippen molar-refractivity contribution in [2.24, 2.45) is 0 Å². The van der Waals surface area contributed by atoms with Gasteiger partial charge in [0.15, 0.2) is 0 Å². The van der Waals surface area contributed by atoms with Gasteiger partial charge in [0.2, 0.25) is 0 Å². The van der Waals surface area contributed by atoms with Crippen molar-refractivity contribution in [3.05, 3.63) is 35.1 Å². The first-order valence-corrected chi connectivity index (χ1v) is 5.23. The van der Waals surface area contributed by atoms with Crippen molar-refractivity contribution in [3.8, 4) is 0 Å². The van der Waals surface area contributed by atoms with Crippen LogP contribution in [0.1, 0.15) is 25.0 Å². The van der Waals surface area contributed by atoms with Crippen molar-refractivity contribution in [3.63, 3.8) is 0 Å². The number of rotatable bonds is 3. The zero-order valence-corrected chi connectivity index (χ0v) is 10.2. The van der Waals surface area contributed by atoms with Gasteiger partial charge in [-0.25, -0.2) is 4.39 Å². The van der Waals surface area contributed by atoms with Gasteiger partial charge >= 0.3 is 6.18 Å². The van der Waals surface area contributed by atoms with Crippen molar-refractivity contribution in [2.45, 2.75) is 31.7 Å². The topological polar surface area (TPSA) is 29.5 Å². The number of alkyl halides is 3. The molecule has 1 aromatic carbocycles. The first-order valence-electron chi connectivity index (χ1n) is 5.23. The molecule has 2 atom stereocenters. The fraction of sp³-hybridized carbons (Fsp3) is 0.500. The summed E-state index contributed by atoms with van der Waals surface area (Å²) in [5.41, 5.74) is -2.89. The summed E-state index contributed by atoms with van der Waals surface area (Å²) in [6, 6.07) is 2.33. The van der Waals surface area contributed by atoms with Crippen LogP contribution in [0, 0.1) is 5.82 Å². The fourth-order valence-electron chi connectivity index (χ4n) is 1.52. The van der Waals surface area contributed by atoms with Gasteiger partial charge in [-0.1, -0.05) is 6.07 Å². The van der Waals surface area contributed by atoms with Gasteiger partial charge in [-0.3, -0.25) is 0 Å². The Morgan fingerprint density at radius 3 is 2.22 bits per heavy atom. The predicted molar refractivity (Wildman–Crippen MR) is 57.4 cm³/mol. The van der Waals surface area contributed by atoms with Gasteiger partial charge in [0, 0.05) is 7.11 Å². The minimum Gasteiger partial charge on any atom is -0.383 e. The second kappa shape index (κ2) is 4.85. The molecule has 0 saturated heterocycles. The molecule has 0 spiro atoms. The summed E-state index contributed by atoms with van der Waals surface area (Å²) in [6.07, 6.45) is -5.44. The Hall–Kier alpha value is -1.14. The monoisotopic (exact) mass is 266 g/mol. The summed E-state index contributed by atoms with van der Waals surface area (Å²) in [7, 11) is 1.35. The van der Waals surface area contributed by atoms with Gasteiger partial charge in [0.25, 0.3) is 0 Å². The highest BCUT2D eigenvalue weighted by molar-refractivity contribution is 5.30. The van der Waals surface area contributed by atoms with Gasteiger partial charge in [-0.15, -0.1) is 0 Å². The molecule has 0 heterocycles. The maximum Gasteiger partial charge on any atom is 0.419 e. The Balaban J connectivity index is 3.20. The predicted octanol–water partition coefficient (Wildman–Crippen LogP) is 3.09. The number of benzene rings is 1. The normalized spacial score (nSPS) is 17.3. The quantitative estimate of drug-likeness (QED) is 0.852. The lowest BCUT2D eigenvalue weighted by Crippen LogP contribution is -2.35. The van der Waals surface area contributed by atoms with E-state index in [1.807, 2.05) is 0 Å². The summed E-state index contributed by atoms with van der Waals surface area (Å²) in [5.74, 6) is -1.41. The Morgan fingerprint density at radius 2 is 1.83 bits per heavy atom. The molecule has 0 radical (unpaired) electrons. The number of aliphatic hydroxyl groups is 1. The van der Waals surface area contributed by atoms with E-state index in [-0.39, 0.29) is 5.56 Å². The summed E-state index contributed by atoms with van der Waals surface area (Å²) in [5, 5.41) is 10.1. The highest BCUT2D eigenvalue weighted by Crippen LogP contribution is 2.34. The molecule has 0 saturated carbocycles. The van der Waals surface area contributed by atoms with E-state index in [1.54, 1.807) is 0 Å². The number of hydrogen-bond donors (Lipinski definition) is 1. The second-order valence-electron chi connectivity index (χ2n) is 4.22. The van der Waals surface area contributed by atoms with Crippen LogP contribution in [-0.2, 0) is 16.5 Å². The lowest BCUT2D eigenvalue weighted by atomic mass is 9.90. The van der Waals surface area contributed by atoms with Crippen molar-refractivity contribution in [2.75, 3.05) is 7.11 Å². The van der Waals surface area contributed by atoms with Gasteiger partial charge in [0.1, 0.15) is 11.4 Å². The van der Waals surface area contributed by atoms with E-state index in [4.69, 9.17) is 4.74 Å². The largest absolute Gasteiger partial charge is 0.419 e. The molecule has 0 fully saturated rings. The Kier molecular flexibility index (Phi) is 4.02. The van der Waals surface area contributed by atoms with Crippen molar-refractivity contribution in [1.29, 1.82) is 0 Å². The molecule has 102 valence electrons. The summed E-state index contributed by atoms with van der Waals surface area (Å²) >= 11 is 0. The number of halogens is 4. The van der Waals surface area contributed by atoms with E-state index in [0.717, 1.165) is 6.07 Å². The first kappa shape index (κ1) is 14.9. The molecule has 2 unspecified atom stereocenters. The van der Waals surface area contributed by atoms with Crippen LogP contribution in [0.25, 0.3) is 0 Å². The smallest absolute Gasteiger partial charge is 0.383 e. The fourth-order valence-corrected chi connectivity index (χ4v) is 1.52. The van der Waals surface area contributed by atoms with Crippen LogP contribution in [0.2, 0.25) is 0 Å². The molecule has 1 aromatic rings. The average Bonchev–Trinajstić information content (AvgIpc) is 2.25. The van der Waals surface area contributed by atoms with E-state index >= 15 is 0 Å². The third-order valence-corrected chi connectivity index (χ3v) is 3.00. The Morgan fingerprint density at radius 1 is 1.28 bits per heavy atom. The van der Waals surface area contributed by atoms with Crippen molar-refractivity contribution in [1.82, 2.24) is 0 Å². The Bertz CT molecular complexity index is 427. The minimum absolute atomic E-state index is 0.0300. The van der Waals surface area contributed by atoms with Crippen LogP contribution in [0.5, 0.6) is 0 Å². The van der Waals surface area contributed by atoms with Crippen molar-refractivity contribution >= 4 is 0 Å². The molecule has 1 N–H and O–H groups in total. The molecule has 0 aliphatic rings. The zero-order valence-electron chi connectivity index (χ0n) is 10.2. The third kappa shape index (κ3) is 2.81. The molecular formula is C12H14F4O2. The maximum atomic E-state index is 13.4. The summed E-state index contributed by atoms with van der Waals surface area (Å²) in [4.78, 5) is 0. The van der Waals surface area contributed by atoms with Gasteiger partial charge in [-0.05, 0) is 31.5 Å². The van der Waals surface area contributed by atoms with Crippen LogP contribution in [-0.4, -0.2) is 18.3 Å². The number of hydrogen-bond acceptors (Lipinski definition) is 2. The van der Waals surface area contributed by atoms with Crippen molar-refractivity contribution < 1.29 is 27.4 Å². The Labute approximate surface area is 102 Å².